The zero-order chi connectivity index (χ0) is 15.6. The van der Waals surface area contributed by atoms with Gasteiger partial charge in [0.2, 0.25) is 0 Å². The molecule has 110 valence electrons. The maximum Gasteiger partial charge on any atom is 0.272 e. The van der Waals surface area contributed by atoms with Crippen molar-refractivity contribution < 1.29 is 9.72 Å². The molecule has 1 aromatic heterocycles. The van der Waals surface area contributed by atoms with Gasteiger partial charge in [-0.1, -0.05) is 0 Å². The molecule has 1 amide bonds. The van der Waals surface area contributed by atoms with Gasteiger partial charge in [-0.2, -0.15) is 5.10 Å². The lowest BCUT2D eigenvalue weighted by Gasteiger charge is -2.05. The third kappa shape index (κ3) is 3.25. The van der Waals surface area contributed by atoms with Crippen LogP contribution in [-0.4, -0.2) is 20.6 Å². The molecule has 0 saturated heterocycles. The highest BCUT2D eigenvalue weighted by molar-refractivity contribution is 5.94. The Morgan fingerprint density at radius 3 is 2.67 bits per heavy atom. The van der Waals surface area contributed by atoms with Gasteiger partial charge in [0.1, 0.15) is 0 Å². The molecule has 0 unspecified atom stereocenters. The smallest absolute Gasteiger partial charge is 0.272 e. The van der Waals surface area contributed by atoms with Crippen molar-refractivity contribution in [3.63, 3.8) is 0 Å². The van der Waals surface area contributed by atoms with Gasteiger partial charge in [-0.25, -0.2) is 0 Å². The predicted molar refractivity (Wildman–Crippen MR) is 76.9 cm³/mol. The first-order valence-electron chi connectivity index (χ1n) is 6.41. The van der Waals surface area contributed by atoms with Gasteiger partial charge in [0.05, 0.1) is 10.6 Å². The molecular weight excluding hydrogens is 272 g/mol. The van der Waals surface area contributed by atoms with Crippen molar-refractivity contribution in [3.8, 4) is 0 Å². The summed E-state index contributed by atoms with van der Waals surface area (Å²) in [7, 11) is 1.82. The Hall–Kier alpha value is -2.70. The number of hydrogen-bond donors (Lipinski definition) is 1. The van der Waals surface area contributed by atoms with Crippen molar-refractivity contribution in [2.75, 3.05) is 0 Å². The van der Waals surface area contributed by atoms with Crippen LogP contribution in [0.5, 0.6) is 0 Å². The fraction of sp³-hybridized carbons (Fsp3) is 0.286. The highest BCUT2D eigenvalue weighted by Gasteiger charge is 2.14. The first-order chi connectivity index (χ1) is 9.88. The molecule has 2 rings (SSSR count). The summed E-state index contributed by atoms with van der Waals surface area (Å²) in [5.41, 5.74) is 2.67. The maximum atomic E-state index is 12.1. The van der Waals surface area contributed by atoms with E-state index in [2.05, 4.69) is 10.4 Å². The van der Waals surface area contributed by atoms with Gasteiger partial charge in [0.25, 0.3) is 11.6 Å². The molecule has 0 aliphatic rings. The van der Waals surface area contributed by atoms with Crippen molar-refractivity contribution in [1.82, 2.24) is 15.1 Å². The van der Waals surface area contributed by atoms with Gasteiger partial charge in [0.15, 0.2) is 0 Å². The van der Waals surface area contributed by atoms with Crippen molar-refractivity contribution in [2.24, 2.45) is 7.05 Å². The van der Waals surface area contributed by atoms with E-state index in [1.807, 2.05) is 20.2 Å². The number of amides is 1. The van der Waals surface area contributed by atoms with Crippen LogP contribution < -0.4 is 5.32 Å². The summed E-state index contributed by atoms with van der Waals surface area (Å²) in [5.74, 6) is -0.267. The van der Waals surface area contributed by atoms with Gasteiger partial charge in [-0.05, 0) is 26.0 Å². The van der Waals surface area contributed by atoms with Gasteiger partial charge >= 0.3 is 0 Å². The molecule has 21 heavy (non-hydrogen) atoms. The van der Waals surface area contributed by atoms with Gasteiger partial charge < -0.3 is 5.32 Å². The maximum absolute atomic E-state index is 12.1. The molecule has 2 aromatic rings. The largest absolute Gasteiger partial charge is 0.348 e. The molecule has 0 spiro atoms. The number of nitro benzene ring substituents is 1. The van der Waals surface area contributed by atoms with Crippen LogP contribution in [0.4, 0.5) is 5.69 Å². The number of aromatic nitrogens is 2. The van der Waals surface area contributed by atoms with Crippen molar-refractivity contribution >= 4 is 11.6 Å². The molecule has 7 nitrogen and oxygen atoms in total. The number of rotatable bonds is 4. The van der Waals surface area contributed by atoms with Gasteiger partial charge in [-0.3, -0.25) is 19.6 Å². The molecule has 1 heterocycles. The number of nitrogens with zero attached hydrogens (tertiary/aromatic N) is 3. The standard InChI is InChI=1S/C14H16N4O3/c1-9-6-11(4-5-13(9)18(20)21)14(19)15-7-12-8-17(3)16-10(12)2/h4-6,8H,7H2,1-3H3,(H,15,19). The number of carbonyl (C=O) groups excluding carboxylic acids is 1. The summed E-state index contributed by atoms with van der Waals surface area (Å²) in [4.78, 5) is 22.3. The summed E-state index contributed by atoms with van der Waals surface area (Å²) < 4.78 is 1.69. The lowest BCUT2D eigenvalue weighted by Crippen LogP contribution is -2.23. The van der Waals surface area contributed by atoms with E-state index in [0.29, 0.717) is 17.7 Å². The first kappa shape index (κ1) is 14.7. The molecule has 0 bridgehead atoms. The Kier molecular flexibility index (Phi) is 4.02. The van der Waals surface area contributed by atoms with E-state index < -0.39 is 4.92 Å². The fourth-order valence-corrected chi connectivity index (χ4v) is 2.10. The zero-order valence-electron chi connectivity index (χ0n) is 12.1. The average Bonchev–Trinajstić information content (AvgIpc) is 2.73. The van der Waals surface area contributed by atoms with Crippen LogP contribution in [-0.2, 0) is 13.6 Å². The second-order valence-corrected chi connectivity index (χ2v) is 4.85. The minimum Gasteiger partial charge on any atom is -0.348 e. The number of nitro groups is 1. The predicted octanol–water partition coefficient (Wildman–Crippen LogP) is 1.88. The van der Waals surface area contributed by atoms with Gasteiger partial charge in [-0.15, -0.1) is 0 Å². The van der Waals surface area contributed by atoms with E-state index in [9.17, 15) is 14.9 Å². The first-order valence-corrected chi connectivity index (χ1v) is 6.41. The molecular formula is C14H16N4O3. The Bertz CT molecular complexity index is 706. The van der Waals surface area contributed by atoms with E-state index in [4.69, 9.17) is 0 Å². The molecule has 0 aliphatic heterocycles. The fourth-order valence-electron chi connectivity index (χ4n) is 2.10. The van der Waals surface area contributed by atoms with E-state index >= 15 is 0 Å². The Labute approximate surface area is 121 Å². The average molecular weight is 288 g/mol. The number of aryl methyl sites for hydroxylation is 3. The SMILES string of the molecule is Cc1cc(C(=O)NCc2cn(C)nc2C)ccc1[N+](=O)[O-]. The lowest BCUT2D eigenvalue weighted by atomic mass is 10.1. The molecule has 0 atom stereocenters. The molecule has 1 aromatic carbocycles. The molecule has 0 aliphatic carbocycles. The summed E-state index contributed by atoms with van der Waals surface area (Å²) in [6.45, 7) is 3.85. The molecule has 7 heteroatoms. The summed E-state index contributed by atoms with van der Waals surface area (Å²) in [5, 5.41) is 17.7. The second-order valence-electron chi connectivity index (χ2n) is 4.85. The third-order valence-corrected chi connectivity index (χ3v) is 3.21. The number of benzene rings is 1. The quantitative estimate of drug-likeness (QED) is 0.687. The minimum absolute atomic E-state index is 0.00894. The number of carbonyl (C=O) groups is 1. The molecule has 0 fully saturated rings. The zero-order valence-corrected chi connectivity index (χ0v) is 12.1. The van der Waals surface area contributed by atoms with Crippen LogP contribution >= 0.6 is 0 Å². The van der Waals surface area contributed by atoms with E-state index in [1.165, 1.54) is 18.2 Å². The third-order valence-electron chi connectivity index (χ3n) is 3.21. The van der Waals surface area contributed by atoms with Crippen molar-refractivity contribution in [2.45, 2.75) is 20.4 Å². The molecule has 1 N–H and O–H groups in total. The van der Waals surface area contributed by atoms with E-state index in [0.717, 1.165) is 11.3 Å². The monoisotopic (exact) mass is 288 g/mol. The Morgan fingerprint density at radius 2 is 2.14 bits per heavy atom. The summed E-state index contributed by atoms with van der Waals surface area (Å²) in [6, 6.07) is 4.32. The van der Waals surface area contributed by atoms with E-state index in [-0.39, 0.29) is 11.6 Å². The Morgan fingerprint density at radius 1 is 1.43 bits per heavy atom. The summed E-state index contributed by atoms with van der Waals surface area (Å²) >= 11 is 0. The second kappa shape index (κ2) is 5.74. The number of nitrogens with one attached hydrogen (secondary N) is 1. The highest BCUT2D eigenvalue weighted by atomic mass is 16.6. The van der Waals surface area contributed by atoms with E-state index in [1.54, 1.807) is 11.6 Å². The summed E-state index contributed by atoms with van der Waals surface area (Å²) in [6.07, 6.45) is 1.84. The minimum atomic E-state index is -0.462. The topological polar surface area (TPSA) is 90.1 Å². The highest BCUT2D eigenvalue weighted by Crippen LogP contribution is 2.18. The normalized spacial score (nSPS) is 10.4. The van der Waals surface area contributed by atoms with Gasteiger partial charge in [0, 0.05) is 42.5 Å². The van der Waals surface area contributed by atoms with Crippen molar-refractivity contribution in [1.29, 1.82) is 0 Å². The van der Waals surface area contributed by atoms with Crippen LogP contribution in [0.3, 0.4) is 0 Å². The lowest BCUT2D eigenvalue weighted by molar-refractivity contribution is -0.385. The Balaban J connectivity index is 2.09. The molecule has 0 radical (unpaired) electrons. The number of hydrogen-bond acceptors (Lipinski definition) is 4. The van der Waals surface area contributed by atoms with Crippen molar-refractivity contribution in [3.05, 3.63) is 56.9 Å². The molecule has 0 saturated carbocycles. The van der Waals surface area contributed by atoms with Crippen LogP contribution in [0.1, 0.15) is 27.2 Å². The van der Waals surface area contributed by atoms with Crippen LogP contribution in [0.15, 0.2) is 24.4 Å². The van der Waals surface area contributed by atoms with Crippen LogP contribution in [0.2, 0.25) is 0 Å². The van der Waals surface area contributed by atoms with Crippen LogP contribution in [0, 0.1) is 24.0 Å². The van der Waals surface area contributed by atoms with Crippen LogP contribution in [0.25, 0.3) is 0 Å².